The lowest BCUT2D eigenvalue weighted by molar-refractivity contribution is 0.429. The third kappa shape index (κ3) is 2.03. The fraction of sp³-hybridized carbons (Fsp3) is 0.0870. The third-order valence-electron chi connectivity index (χ3n) is 5.09. The summed E-state index contributed by atoms with van der Waals surface area (Å²) >= 11 is 0. The van der Waals surface area contributed by atoms with Crippen molar-refractivity contribution in [1.29, 1.82) is 5.26 Å². The Morgan fingerprint density at radius 3 is 2.64 bits per heavy atom. The molecule has 0 N–H and O–H groups in total. The molecule has 0 radical (unpaired) electrons. The molecule has 1 aliphatic heterocycles. The molecule has 2 aliphatic rings. The lowest BCUT2D eigenvalue weighted by Gasteiger charge is -2.31. The summed E-state index contributed by atoms with van der Waals surface area (Å²) < 4.78 is 6.25. The minimum Gasteiger partial charge on any atom is -0.455 e. The number of nitriles is 1. The summed E-state index contributed by atoms with van der Waals surface area (Å²) in [7, 11) is 0. The van der Waals surface area contributed by atoms with Crippen LogP contribution in [0.2, 0.25) is 0 Å². The van der Waals surface area contributed by atoms with Gasteiger partial charge in [0.25, 0.3) is 0 Å². The van der Waals surface area contributed by atoms with Gasteiger partial charge in [-0.05, 0) is 41.0 Å². The van der Waals surface area contributed by atoms with Crippen LogP contribution in [0.3, 0.4) is 0 Å². The van der Waals surface area contributed by atoms with E-state index in [0.717, 1.165) is 40.5 Å². The predicted molar refractivity (Wildman–Crippen MR) is 99.1 cm³/mol. The first-order valence-corrected chi connectivity index (χ1v) is 8.48. The van der Waals surface area contributed by atoms with Crippen LogP contribution in [0, 0.1) is 11.3 Å². The van der Waals surface area contributed by atoms with E-state index in [0.29, 0.717) is 5.76 Å². The highest BCUT2D eigenvalue weighted by molar-refractivity contribution is 5.99. The Morgan fingerprint density at radius 1 is 0.880 bits per heavy atom. The SMILES string of the molecule is N#C/C=C1/Oc2c(ccc3ccccc23)C2=C1CCc1ccccc12. The largest absolute Gasteiger partial charge is 0.455 e. The zero-order valence-electron chi connectivity index (χ0n) is 13.6. The van der Waals surface area contributed by atoms with E-state index in [9.17, 15) is 5.26 Å². The number of nitrogens with zero attached hydrogens (tertiary/aromatic N) is 1. The minimum absolute atomic E-state index is 0.691. The maximum absolute atomic E-state index is 9.24. The van der Waals surface area contributed by atoms with E-state index in [2.05, 4.69) is 54.6 Å². The van der Waals surface area contributed by atoms with Crippen LogP contribution < -0.4 is 4.74 Å². The van der Waals surface area contributed by atoms with Crippen molar-refractivity contribution >= 4 is 16.3 Å². The zero-order chi connectivity index (χ0) is 16.8. The summed E-state index contributed by atoms with van der Waals surface area (Å²) in [5.41, 5.74) is 6.10. The molecule has 0 amide bonds. The summed E-state index contributed by atoms with van der Waals surface area (Å²) in [4.78, 5) is 0. The molecule has 0 bridgehead atoms. The molecule has 5 rings (SSSR count). The Balaban J connectivity index is 1.89. The fourth-order valence-corrected chi connectivity index (χ4v) is 3.98. The number of benzene rings is 3. The Bertz CT molecular complexity index is 1130. The summed E-state index contributed by atoms with van der Waals surface area (Å²) in [6.07, 6.45) is 3.41. The first kappa shape index (κ1) is 14.1. The highest BCUT2D eigenvalue weighted by Gasteiger charge is 2.30. The van der Waals surface area contributed by atoms with Crippen molar-refractivity contribution in [3.63, 3.8) is 0 Å². The predicted octanol–water partition coefficient (Wildman–Crippen LogP) is 5.39. The highest BCUT2D eigenvalue weighted by Crippen LogP contribution is 2.48. The van der Waals surface area contributed by atoms with E-state index in [1.54, 1.807) is 0 Å². The number of hydrogen-bond donors (Lipinski definition) is 0. The van der Waals surface area contributed by atoms with Crippen LogP contribution in [0.4, 0.5) is 0 Å². The van der Waals surface area contributed by atoms with Gasteiger partial charge in [0.05, 0.1) is 12.1 Å². The second-order valence-electron chi connectivity index (χ2n) is 6.41. The molecule has 0 saturated carbocycles. The van der Waals surface area contributed by atoms with Crippen molar-refractivity contribution in [2.75, 3.05) is 0 Å². The molecule has 2 heteroatoms. The Hall–Kier alpha value is -3.31. The van der Waals surface area contributed by atoms with Gasteiger partial charge in [0.1, 0.15) is 11.5 Å². The van der Waals surface area contributed by atoms with Crippen molar-refractivity contribution in [1.82, 2.24) is 0 Å². The molecule has 0 unspecified atom stereocenters. The maximum Gasteiger partial charge on any atom is 0.143 e. The van der Waals surface area contributed by atoms with Crippen LogP contribution in [-0.2, 0) is 6.42 Å². The van der Waals surface area contributed by atoms with Crippen LogP contribution in [0.25, 0.3) is 16.3 Å². The Morgan fingerprint density at radius 2 is 1.72 bits per heavy atom. The number of fused-ring (bicyclic) bond motifs is 6. The summed E-state index contributed by atoms with van der Waals surface area (Å²) in [5, 5.41) is 11.5. The number of rotatable bonds is 0. The number of hydrogen-bond acceptors (Lipinski definition) is 2. The molecule has 0 atom stereocenters. The van der Waals surface area contributed by atoms with Gasteiger partial charge < -0.3 is 4.74 Å². The third-order valence-corrected chi connectivity index (χ3v) is 5.09. The van der Waals surface area contributed by atoms with Gasteiger partial charge >= 0.3 is 0 Å². The molecule has 1 aliphatic carbocycles. The van der Waals surface area contributed by atoms with Gasteiger partial charge in [-0.2, -0.15) is 5.26 Å². The molecule has 1 heterocycles. The van der Waals surface area contributed by atoms with Crippen molar-refractivity contribution in [3.05, 3.63) is 94.8 Å². The zero-order valence-corrected chi connectivity index (χ0v) is 13.6. The van der Waals surface area contributed by atoms with Gasteiger partial charge in [0.15, 0.2) is 0 Å². The quantitative estimate of drug-likeness (QED) is 0.520. The van der Waals surface area contributed by atoms with E-state index in [-0.39, 0.29) is 0 Å². The molecule has 3 aromatic carbocycles. The van der Waals surface area contributed by atoms with Gasteiger partial charge in [-0.1, -0.05) is 54.6 Å². The van der Waals surface area contributed by atoms with Crippen LogP contribution in [-0.4, -0.2) is 0 Å². The van der Waals surface area contributed by atoms with Crippen LogP contribution >= 0.6 is 0 Å². The Labute approximate surface area is 146 Å². The molecule has 118 valence electrons. The van der Waals surface area contributed by atoms with E-state index < -0.39 is 0 Å². The van der Waals surface area contributed by atoms with E-state index >= 15 is 0 Å². The molecular formula is C23H15NO. The molecule has 0 spiro atoms. The minimum atomic E-state index is 0.691. The van der Waals surface area contributed by atoms with E-state index in [4.69, 9.17) is 4.74 Å². The summed E-state index contributed by atoms with van der Waals surface area (Å²) in [6, 6.07) is 23.2. The van der Waals surface area contributed by atoms with Crippen LogP contribution in [0.15, 0.2) is 78.1 Å². The van der Waals surface area contributed by atoms with E-state index in [1.165, 1.54) is 22.8 Å². The molecule has 25 heavy (non-hydrogen) atoms. The highest BCUT2D eigenvalue weighted by atomic mass is 16.5. The average molecular weight is 321 g/mol. The van der Waals surface area contributed by atoms with Crippen molar-refractivity contribution < 1.29 is 4.74 Å². The first-order valence-electron chi connectivity index (χ1n) is 8.48. The molecule has 0 aromatic heterocycles. The summed E-state index contributed by atoms with van der Waals surface area (Å²) in [5.74, 6) is 1.55. The van der Waals surface area contributed by atoms with Gasteiger partial charge in [-0.25, -0.2) is 0 Å². The van der Waals surface area contributed by atoms with Crippen molar-refractivity contribution in [2.24, 2.45) is 0 Å². The van der Waals surface area contributed by atoms with Gasteiger partial charge in [-0.15, -0.1) is 0 Å². The molecule has 0 fully saturated rings. The van der Waals surface area contributed by atoms with Gasteiger partial charge in [0, 0.05) is 16.5 Å². The fourth-order valence-electron chi connectivity index (χ4n) is 3.98. The first-order chi connectivity index (χ1) is 12.4. The second-order valence-corrected chi connectivity index (χ2v) is 6.41. The second kappa shape index (κ2) is 5.36. The van der Waals surface area contributed by atoms with Crippen molar-refractivity contribution in [2.45, 2.75) is 12.8 Å². The smallest absolute Gasteiger partial charge is 0.143 e. The maximum atomic E-state index is 9.24. The summed E-state index contributed by atoms with van der Waals surface area (Å²) in [6.45, 7) is 0. The monoisotopic (exact) mass is 321 g/mol. The molecule has 2 nitrogen and oxygen atoms in total. The standard InChI is InChI=1S/C23H15NO/c24-14-13-21-19-11-9-15-5-1-3-7-17(15)22(19)20-12-10-16-6-2-4-8-18(16)23(20)25-21/h1-8,10,12-13H,9,11H2/b21-13+. The number of aryl methyl sites for hydroxylation is 1. The van der Waals surface area contributed by atoms with Gasteiger partial charge in [-0.3, -0.25) is 0 Å². The Kier molecular flexibility index (Phi) is 3.02. The topological polar surface area (TPSA) is 33.0 Å². The normalized spacial score (nSPS) is 16.7. The number of ether oxygens (including phenoxy) is 1. The lowest BCUT2D eigenvalue weighted by Crippen LogP contribution is -2.16. The number of allylic oxidation sites excluding steroid dienone is 2. The average Bonchev–Trinajstić information content (AvgIpc) is 2.67. The van der Waals surface area contributed by atoms with Gasteiger partial charge in [0.2, 0.25) is 0 Å². The lowest BCUT2D eigenvalue weighted by atomic mass is 9.79. The van der Waals surface area contributed by atoms with Crippen molar-refractivity contribution in [3.8, 4) is 11.8 Å². The molecular weight excluding hydrogens is 306 g/mol. The molecule has 0 saturated heterocycles. The molecule has 3 aromatic rings. The van der Waals surface area contributed by atoms with Crippen LogP contribution in [0.1, 0.15) is 23.1 Å². The van der Waals surface area contributed by atoms with Crippen LogP contribution in [0.5, 0.6) is 5.75 Å². The van der Waals surface area contributed by atoms with E-state index in [1.807, 2.05) is 12.1 Å².